The van der Waals surface area contributed by atoms with Crippen LogP contribution >= 0.6 is 0 Å². The Morgan fingerprint density at radius 1 is 1.44 bits per heavy atom. The molecule has 0 aliphatic rings. The SMILES string of the molecule is CC(=N)c1c(C#N)cc(C)cc1NC(C)=O. The number of nitrogens with zero attached hydrogens (tertiary/aromatic N) is 1. The zero-order valence-corrected chi connectivity index (χ0v) is 9.51. The normalized spacial score (nSPS) is 9.38. The highest BCUT2D eigenvalue weighted by Gasteiger charge is 2.12. The highest BCUT2D eigenvalue weighted by Crippen LogP contribution is 2.22. The molecule has 0 spiro atoms. The van der Waals surface area contributed by atoms with Crippen molar-refractivity contribution in [1.29, 1.82) is 10.7 Å². The van der Waals surface area contributed by atoms with Gasteiger partial charge in [0.1, 0.15) is 0 Å². The van der Waals surface area contributed by atoms with E-state index in [9.17, 15) is 4.79 Å². The third kappa shape index (κ3) is 2.45. The fraction of sp³-hybridized carbons (Fsp3) is 0.250. The van der Waals surface area contributed by atoms with Crippen molar-refractivity contribution in [2.75, 3.05) is 5.32 Å². The average Bonchev–Trinajstić information content (AvgIpc) is 2.14. The van der Waals surface area contributed by atoms with Gasteiger partial charge in [-0.15, -0.1) is 0 Å². The zero-order chi connectivity index (χ0) is 12.3. The van der Waals surface area contributed by atoms with Crippen molar-refractivity contribution in [3.05, 3.63) is 28.8 Å². The molecule has 0 bridgehead atoms. The lowest BCUT2D eigenvalue weighted by Gasteiger charge is -2.11. The van der Waals surface area contributed by atoms with Gasteiger partial charge in [0.15, 0.2) is 0 Å². The molecule has 0 unspecified atom stereocenters. The van der Waals surface area contributed by atoms with E-state index in [0.29, 0.717) is 16.8 Å². The van der Waals surface area contributed by atoms with Gasteiger partial charge >= 0.3 is 0 Å². The number of nitrogens with one attached hydrogen (secondary N) is 2. The summed E-state index contributed by atoms with van der Waals surface area (Å²) in [6.07, 6.45) is 0. The third-order valence-corrected chi connectivity index (χ3v) is 2.09. The monoisotopic (exact) mass is 215 g/mol. The number of hydrogen-bond donors (Lipinski definition) is 2. The van der Waals surface area contributed by atoms with Crippen molar-refractivity contribution in [2.24, 2.45) is 0 Å². The number of carbonyl (C=O) groups excluding carboxylic acids is 1. The molecule has 0 aromatic heterocycles. The first-order valence-corrected chi connectivity index (χ1v) is 4.83. The quantitative estimate of drug-likeness (QED) is 0.742. The van der Waals surface area contributed by atoms with E-state index >= 15 is 0 Å². The van der Waals surface area contributed by atoms with Crippen molar-refractivity contribution < 1.29 is 4.79 Å². The topological polar surface area (TPSA) is 76.7 Å². The van der Waals surface area contributed by atoms with Crippen LogP contribution in [0, 0.1) is 23.7 Å². The Balaban J connectivity index is 3.45. The van der Waals surface area contributed by atoms with Crippen LogP contribution in [0.1, 0.15) is 30.5 Å². The van der Waals surface area contributed by atoms with Crippen LogP contribution < -0.4 is 5.32 Å². The molecule has 1 aromatic rings. The number of rotatable bonds is 2. The minimum atomic E-state index is -0.211. The van der Waals surface area contributed by atoms with E-state index in [4.69, 9.17) is 10.7 Å². The molecule has 16 heavy (non-hydrogen) atoms. The minimum absolute atomic E-state index is 0.211. The molecular formula is C12H13N3O. The standard InChI is InChI=1S/C12H13N3O/c1-7-4-10(6-13)12(8(2)14)11(5-7)15-9(3)16/h4-5,14H,1-3H3,(H,15,16). The summed E-state index contributed by atoms with van der Waals surface area (Å²) in [4.78, 5) is 11.0. The van der Waals surface area contributed by atoms with Crippen molar-refractivity contribution in [2.45, 2.75) is 20.8 Å². The van der Waals surface area contributed by atoms with Crippen LogP contribution in [-0.2, 0) is 4.79 Å². The molecule has 0 fully saturated rings. The van der Waals surface area contributed by atoms with Crippen LogP contribution in [0.15, 0.2) is 12.1 Å². The van der Waals surface area contributed by atoms with Gasteiger partial charge in [0.2, 0.25) is 5.91 Å². The summed E-state index contributed by atoms with van der Waals surface area (Å²) in [6.45, 7) is 4.84. The maximum absolute atomic E-state index is 11.0. The lowest BCUT2D eigenvalue weighted by molar-refractivity contribution is -0.114. The predicted molar refractivity (Wildman–Crippen MR) is 62.7 cm³/mol. The first kappa shape index (κ1) is 11.9. The zero-order valence-electron chi connectivity index (χ0n) is 9.51. The Morgan fingerprint density at radius 2 is 2.06 bits per heavy atom. The second kappa shape index (κ2) is 4.58. The lowest BCUT2D eigenvalue weighted by atomic mass is 9.99. The van der Waals surface area contributed by atoms with Crippen molar-refractivity contribution in [1.82, 2.24) is 0 Å². The molecule has 1 aromatic carbocycles. The van der Waals surface area contributed by atoms with E-state index in [1.165, 1.54) is 6.92 Å². The fourth-order valence-corrected chi connectivity index (χ4v) is 1.57. The van der Waals surface area contributed by atoms with Crippen molar-refractivity contribution in [3.8, 4) is 6.07 Å². The van der Waals surface area contributed by atoms with Crippen LogP contribution in [0.4, 0.5) is 5.69 Å². The Bertz CT molecular complexity index is 498. The van der Waals surface area contributed by atoms with Gasteiger partial charge in [0.05, 0.1) is 17.3 Å². The van der Waals surface area contributed by atoms with Crippen LogP contribution in [-0.4, -0.2) is 11.6 Å². The molecule has 0 atom stereocenters. The largest absolute Gasteiger partial charge is 0.326 e. The summed E-state index contributed by atoms with van der Waals surface area (Å²) in [6, 6.07) is 5.51. The molecule has 0 aliphatic heterocycles. The molecule has 0 heterocycles. The molecule has 2 N–H and O–H groups in total. The van der Waals surface area contributed by atoms with E-state index in [-0.39, 0.29) is 11.6 Å². The molecule has 1 amide bonds. The van der Waals surface area contributed by atoms with Crippen molar-refractivity contribution in [3.63, 3.8) is 0 Å². The van der Waals surface area contributed by atoms with Crippen LogP contribution in [0.2, 0.25) is 0 Å². The predicted octanol–water partition coefficient (Wildman–Crippen LogP) is 2.21. The van der Waals surface area contributed by atoms with Gasteiger partial charge in [-0.25, -0.2) is 0 Å². The number of amides is 1. The van der Waals surface area contributed by atoms with Gasteiger partial charge in [0, 0.05) is 18.2 Å². The maximum atomic E-state index is 11.0. The molecular weight excluding hydrogens is 202 g/mol. The second-order valence-electron chi connectivity index (χ2n) is 3.65. The Kier molecular flexibility index (Phi) is 3.41. The van der Waals surface area contributed by atoms with Crippen LogP contribution in [0.25, 0.3) is 0 Å². The van der Waals surface area contributed by atoms with Gasteiger partial charge in [0.25, 0.3) is 0 Å². The van der Waals surface area contributed by atoms with Gasteiger partial charge in [-0.1, -0.05) is 0 Å². The number of anilines is 1. The molecule has 0 saturated heterocycles. The van der Waals surface area contributed by atoms with E-state index in [1.807, 2.05) is 13.0 Å². The Morgan fingerprint density at radius 3 is 2.50 bits per heavy atom. The fourth-order valence-electron chi connectivity index (χ4n) is 1.57. The lowest BCUT2D eigenvalue weighted by Crippen LogP contribution is -2.11. The highest BCUT2D eigenvalue weighted by atomic mass is 16.1. The number of nitriles is 1. The molecule has 0 radical (unpaired) electrons. The van der Waals surface area contributed by atoms with E-state index in [1.54, 1.807) is 19.1 Å². The number of aryl methyl sites for hydroxylation is 1. The molecule has 4 nitrogen and oxygen atoms in total. The van der Waals surface area contributed by atoms with E-state index < -0.39 is 0 Å². The van der Waals surface area contributed by atoms with Gasteiger partial charge in [-0.05, 0) is 31.5 Å². The molecule has 82 valence electrons. The van der Waals surface area contributed by atoms with E-state index in [0.717, 1.165) is 5.56 Å². The Hall–Kier alpha value is -2.15. The summed E-state index contributed by atoms with van der Waals surface area (Å²) in [5.74, 6) is -0.211. The van der Waals surface area contributed by atoms with Gasteiger partial charge in [-0.3, -0.25) is 4.79 Å². The molecule has 0 aliphatic carbocycles. The first-order chi connectivity index (χ1) is 7.45. The summed E-state index contributed by atoms with van der Waals surface area (Å²) < 4.78 is 0. The summed E-state index contributed by atoms with van der Waals surface area (Å²) in [5, 5.41) is 19.3. The summed E-state index contributed by atoms with van der Waals surface area (Å²) in [7, 11) is 0. The molecule has 0 saturated carbocycles. The summed E-state index contributed by atoms with van der Waals surface area (Å²) >= 11 is 0. The molecule has 1 rings (SSSR count). The molecule has 4 heteroatoms. The van der Waals surface area contributed by atoms with Crippen molar-refractivity contribution >= 4 is 17.3 Å². The number of benzene rings is 1. The minimum Gasteiger partial charge on any atom is -0.326 e. The van der Waals surface area contributed by atoms with Crippen LogP contribution in [0.5, 0.6) is 0 Å². The van der Waals surface area contributed by atoms with Gasteiger partial charge < -0.3 is 10.7 Å². The van der Waals surface area contributed by atoms with Gasteiger partial charge in [-0.2, -0.15) is 5.26 Å². The Labute approximate surface area is 94.4 Å². The number of carbonyl (C=O) groups is 1. The third-order valence-electron chi connectivity index (χ3n) is 2.09. The number of hydrogen-bond acceptors (Lipinski definition) is 3. The smallest absolute Gasteiger partial charge is 0.221 e. The first-order valence-electron chi connectivity index (χ1n) is 4.83. The van der Waals surface area contributed by atoms with E-state index in [2.05, 4.69) is 5.32 Å². The second-order valence-corrected chi connectivity index (χ2v) is 3.65. The average molecular weight is 215 g/mol. The van der Waals surface area contributed by atoms with Crippen LogP contribution in [0.3, 0.4) is 0 Å². The summed E-state index contributed by atoms with van der Waals surface area (Å²) in [5.41, 5.74) is 2.57. The maximum Gasteiger partial charge on any atom is 0.221 e. The highest BCUT2D eigenvalue weighted by molar-refractivity contribution is 6.06.